The number of aromatic nitrogens is 4. The van der Waals surface area contributed by atoms with E-state index in [2.05, 4.69) is 49.3 Å². The first-order valence-corrected chi connectivity index (χ1v) is 16.1. The van der Waals surface area contributed by atoms with Crippen molar-refractivity contribution < 1.29 is 18.0 Å². The second kappa shape index (κ2) is 14.2. The van der Waals surface area contributed by atoms with Crippen LogP contribution in [0.4, 0.5) is 10.3 Å². The third kappa shape index (κ3) is 10.1. The molecule has 0 unspecified atom stereocenters. The zero-order chi connectivity index (χ0) is 27.5. The highest BCUT2D eigenvalue weighted by molar-refractivity contribution is 7.91. The highest BCUT2D eigenvalue weighted by Gasteiger charge is 2.17. The number of amides is 2. The molecule has 1 aliphatic carbocycles. The molecule has 2 heterocycles. The molecule has 0 aliphatic heterocycles. The van der Waals surface area contributed by atoms with Crippen LogP contribution in [-0.4, -0.2) is 52.1 Å². The molecule has 13 heteroatoms. The number of aryl methyl sites for hydroxylation is 3. The molecule has 0 fully saturated rings. The summed E-state index contributed by atoms with van der Waals surface area (Å²) in [6, 6.07) is 9.72. The van der Waals surface area contributed by atoms with Gasteiger partial charge < -0.3 is 10.6 Å². The van der Waals surface area contributed by atoms with Gasteiger partial charge in [-0.2, -0.15) is 0 Å². The van der Waals surface area contributed by atoms with E-state index in [0.29, 0.717) is 46.0 Å². The van der Waals surface area contributed by atoms with Gasteiger partial charge >= 0.3 is 0 Å². The van der Waals surface area contributed by atoms with Crippen molar-refractivity contribution in [1.29, 1.82) is 0 Å². The van der Waals surface area contributed by atoms with Crippen LogP contribution in [0.25, 0.3) is 0 Å². The Bertz CT molecular complexity index is 1430. The van der Waals surface area contributed by atoms with Gasteiger partial charge in [0.1, 0.15) is 10.0 Å². The molecule has 0 spiro atoms. The summed E-state index contributed by atoms with van der Waals surface area (Å²) in [5.41, 5.74) is 2.24. The number of carbonyl (C=O) groups is 2. The van der Waals surface area contributed by atoms with Gasteiger partial charge in [-0.3, -0.25) is 9.59 Å². The Morgan fingerprint density at radius 3 is 1.92 bits per heavy atom. The van der Waals surface area contributed by atoms with Crippen LogP contribution >= 0.6 is 22.7 Å². The quantitative estimate of drug-likeness (QED) is 0.287. The Hall–Kier alpha value is -3.29. The van der Waals surface area contributed by atoms with E-state index in [-0.39, 0.29) is 36.2 Å². The first kappa shape index (κ1) is 28.7. The minimum atomic E-state index is -3.38. The van der Waals surface area contributed by atoms with Crippen LogP contribution in [0.1, 0.15) is 47.7 Å². The molecule has 0 saturated heterocycles. The normalized spacial score (nSPS) is 13.2. The Morgan fingerprint density at radius 2 is 1.36 bits per heavy atom. The lowest BCUT2D eigenvalue weighted by Gasteiger charge is -2.06. The van der Waals surface area contributed by atoms with Gasteiger partial charge in [-0.1, -0.05) is 76.8 Å². The molecular weight excluding hydrogens is 557 g/mol. The second-order valence-corrected chi connectivity index (χ2v) is 13.4. The average Bonchev–Trinajstić information content (AvgIpc) is 3.59. The molecule has 0 bridgehead atoms. The number of hydrogen-bond donors (Lipinski definition) is 2. The van der Waals surface area contributed by atoms with Crippen molar-refractivity contribution in [2.45, 2.75) is 51.4 Å². The number of carbonyl (C=O) groups excluding carboxylic acids is 2. The second-order valence-electron chi connectivity index (χ2n) is 8.99. The van der Waals surface area contributed by atoms with Crippen LogP contribution in [0.2, 0.25) is 0 Å². The van der Waals surface area contributed by atoms with E-state index in [4.69, 9.17) is 0 Å². The Kier molecular flexibility index (Phi) is 10.5. The molecule has 39 heavy (non-hydrogen) atoms. The molecule has 0 saturated carbocycles. The van der Waals surface area contributed by atoms with Gasteiger partial charge in [-0.15, -0.1) is 20.4 Å². The maximum absolute atomic E-state index is 12.6. The minimum Gasteiger partial charge on any atom is -0.301 e. The molecule has 206 valence electrons. The number of benzene rings is 1. The van der Waals surface area contributed by atoms with Crippen LogP contribution in [0.5, 0.6) is 0 Å². The highest BCUT2D eigenvalue weighted by atomic mass is 32.2. The third-order valence-electron chi connectivity index (χ3n) is 5.88. The largest absolute Gasteiger partial charge is 0.301 e. The predicted molar refractivity (Wildman–Crippen MR) is 154 cm³/mol. The van der Waals surface area contributed by atoms with E-state index < -0.39 is 9.84 Å². The summed E-state index contributed by atoms with van der Waals surface area (Å²) < 4.78 is 25.1. The maximum Gasteiger partial charge on any atom is 0.226 e. The molecule has 0 atom stereocenters. The van der Waals surface area contributed by atoms with Crippen LogP contribution in [0.3, 0.4) is 0 Å². The van der Waals surface area contributed by atoms with Crippen molar-refractivity contribution in [2.75, 3.05) is 22.1 Å². The van der Waals surface area contributed by atoms with E-state index in [1.54, 1.807) is 0 Å². The lowest BCUT2D eigenvalue weighted by atomic mass is 10.0. The van der Waals surface area contributed by atoms with Crippen LogP contribution in [-0.2, 0) is 38.7 Å². The van der Waals surface area contributed by atoms with Gasteiger partial charge in [0.25, 0.3) is 0 Å². The molecule has 1 aliphatic rings. The van der Waals surface area contributed by atoms with E-state index in [0.717, 1.165) is 24.0 Å². The molecule has 10 nitrogen and oxygen atoms in total. The zero-order valence-electron chi connectivity index (χ0n) is 21.3. The number of anilines is 2. The number of nitrogens with one attached hydrogen (secondary N) is 2. The van der Waals surface area contributed by atoms with Crippen molar-refractivity contribution in [3.05, 3.63) is 69.7 Å². The van der Waals surface area contributed by atoms with Gasteiger partial charge in [0.05, 0.1) is 11.5 Å². The Balaban J connectivity index is 1.15. The SMILES string of the molecule is O=C(CCC1=CCCC=C1)Nc1nnc(CCS(=O)(=O)CCc2nnc(NC(=O)CCc3ccccc3)s2)s1. The smallest absolute Gasteiger partial charge is 0.226 e. The van der Waals surface area contributed by atoms with Crippen molar-refractivity contribution >= 4 is 54.6 Å². The summed E-state index contributed by atoms with van der Waals surface area (Å²) in [6.07, 6.45) is 10.7. The van der Waals surface area contributed by atoms with Crippen LogP contribution in [0.15, 0.2) is 54.1 Å². The van der Waals surface area contributed by atoms with Crippen molar-refractivity contribution in [2.24, 2.45) is 0 Å². The van der Waals surface area contributed by atoms with E-state index in [1.165, 1.54) is 22.7 Å². The molecular formula is C26H30N6O4S3. The molecule has 3 aromatic rings. The number of rotatable bonds is 14. The average molecular weight is 587 g/mol. The summed E-state index contributed by atoms with van der Waals surface area (Å²) in [5.74, 6) is -0.483. The predicted octanol–water partition coefficient (Wildman–Crippen LogP) is 4.16. The molecule has 2 aromatic heterocycles. The Morgan fingerprint density at radius 1 is 0.769 bits per heavy atom. The summed E-state index contributed by atoms with van der Waals surface area (Å²) in [7, 11) is -3.38. The topological polar surface area (TPSA) is 144 Å². The summed E-state index contributed by atoms with van der Waals surface area (Å²) in [6.45, 7) is 0. The fourth-order valence-corrected chi connectivity index (χ4v) is 6.76. The van der Waals surface area contributed by atoms with Crippen LogP contribution < -0.4 is 10.6 Å². The molecule has 2 amide bonds. The minimum absolute atomic E-state index is 0.0854. The Labute approximate surface area is 235 Å². The number of sulfone groups is 1. The van der Waals surface area contributed by atoms with Gasteiger partial charge in [0.2, 0.25) is 22.1 Å². The van der Waals surface area contributed by atoms with E-state index in [9.17, 15) is 18.0 Å². The summed E-state index contributed by atoms with van der Waals surface area (Å²) in [5, 5.41) is 23.2. The lowest BCUT2D eigenvalue weighted by Crippen LogP contribution is -2.14. The van der Waals surface area contributed by atoms with Gasteiger partial charge in [-0.05, 0) is 31.2 Å². The van der Waals surface area contributed by atoms with Crippen molar-refractivity contribution in [3.8, 4) is 0 Å². The van der Waals surface area contributed by atoms with Gasteiger partial charge in [-0.25, -0.2) is 8.42 Å². The van der Waals surface area contributed by atoms with Crippen LogP contribution in [0, 0.1) is 0 Å². The van der Waals surface area contributed by atoms with E-state index in [1.807, 2.05) is 30.3 Å². The van der Waals surface area contributed by atoms with Gasteiger partial charge in [0.15, 0.2) is 9.84 Å². The zero-order valence-corrected chi connectivity index (χ0v) is 23.8. The molecule has 0 radical (unpaired) electrons. The third-order valence-corrected chi connectivity index (χ3v) is 9.33. The number of allylic oxidation sites excluding steroid dienone is 4. The molecule has 1 aromatic carbocycles. The highest BCUT2D eigenvalue weighted by Crippen LogP contribution is 2.20. The van der Waals surface area contributed by atoms with E-state index >= 15 is 0 Å². The molecule has 4 rings (SSSR count). The van der Waals surface area contributed by atoms with Crippen molar-refractivity contribution in [1.82, 2.24) is 20.4 Å². The fourth-order valence-electron chi connectivity index (χ4n) is 3.78. The standard InChI is InChI=1S/C26H30N6O4S3/c33-21(13-11-19-7-3-1-4-8-19)27-25-31-29-23(37-25)15-17-39(35,36)18-16-24-30-32-26(38-24)28-22(34)14-12-20-9-5-2-6-10-20/h1,3-5,7-10H,2,6,11-18H2,(H,27,31,33)(H,28,32,34). The first-order chi connectivity index (χ1) is 18.8. The maximum atomic E-state index is 12.6. The number of hydrogen-bond acceptors (Lipinski definition) is 10. The lowest BCUT2D eigenvalue weighted by molar-refractivity contribution is -0.117. The summed E-state index contributed by atoms with van der Waals surface area (Å²) >= 11 is 2.36. The molecule has 2 N–H and O–H groups in total. The van der Waals surface area contributed by atoms with Crippen molar-refractivity contribution in [3.63, 3.8) is 0 Å². The number of nitrogens with zero attached hydrogens (tertiary/aromatic N) is 4. The fraction of sp³-hybridized carbons (Fsp3) is 0.385. The summed E-state index contributed by atoms with van der Waals surface area (Å²) in [4.78, 5) is 24.4. The van der Waals surface area contributed by atoms with Gasteiger partial charge in [0, 0.05) is 25.7 Å². The monoisotopic (exact) mass is 586 g/mol. The first-order valence-electron chi connectivity index (χ1n) is 12.7.